The molecular weight excluding hydrogens is 366 g/mol. The first-order chi connectivity index (χ1) is 13.7. The highest BCUT2D eigenvalue weighted by Crippen LogP contribution is 2.31. The lowest BCUT2D eigenvalue weighted by atomic mass is 10.0. The number of hydrogen-bond donors (Lipinski definition) is 2. The zero-order valence-corrected chi connectivity index (χ0v) is 17.3. The maximum atomic E-state index is 12.4. The van der Waals surface area contributed by atoms with Gasteiger partial charge in [0.1, 0.15) is 5.75 Å². The van der Waals surface area contributed by atoms with Crippen molar-refractivity contribution >= 4 is 16.6 Å². The van der Waals surface area contributed by atoms with Crippen LogP contribution in [0, 0.1) is 0 Å². The summed E-state index contributed by atoms with van der Waals surface area (Å²) in [4.78, 5) is 14.6. The number of nitrogens with zero attached hydrogens (tertiary/aromatic N) is 4. The number of anilines is 1. The predicted octanol–water partition coefficient (Wildman–Crippen LogP) is 2.67. The van der Waals surface area contributed by atoms with Crippen LogP contribution in [0.15, 0.2) is 41.3 Å². The highest BCUT2D eigenvalue weighted by molar-refractivity contribution is 5.89. The van der Waals surface area contributed by atoms with Crippen LogP contribution in [-0.2, 0) is 7.05 Å². The van der Waals surface area contributed by atoms with Crippen LogP contribution < -0.4 is 15.8 Å². The molecule has 1 saturated heterocycles. The molecule has 1 aromatic carbocycles. The van der Waals surface area contributed by atoms with Crippen molar-refractivity contribution < 1.29 is 5.11 Å². The van der Waals surface area contributed by atoms with Gasteiger partial charge in [-0.15, -0.1) is 10.2 Å². The van der Waals surface area contributed by atoms with E-state index < -0.39 is 0 Å². The molecule has 3 aromatic rings. The van der Waals surface area contributed by atoms with Crippen molar-refractivity contribution in [3.63, 3.8) is 0 Å². The van der Waals surface area contributed by atoms with Crippen LogP contribution in [0.4, 0.5) is 5.82 Å². The fraction of sp³-hybridized carbons (Fsp3) is 0.409. The van der Waals surface area contributed by atoms with Gasteiger partial charge in [-0.3, -0.25) is 4.79 Å². The molecule has 0 radical (unpaired) electrons. The summed E-state index contributed by atoms with van der Waals surface area (Å²) >= 11 is 0. The van der Waals surface area contributed by atoms with Gasteiger partial charge >= 0.3 is 0 Å². The van der Waals surface area contributed by atoms with Gasteiger partial charge in [0.05, 0.1) is 5.69 Å². The molecule has 2 N–H and O–H groups in total. The molecule has 1 atom stereocenters. The molecule has 0 saturated carbocycles. The van der Waals surface area contributed by atoms with Gasteiger partial charge in [0, 0.05) is 48.9 Å². The van der Waals surface area contributed by atoms with Gasteiger partial charge in [-0.25, -0.2) is 0 Å². The summed E-state index contributed by atoms with van der Waals surface area (Å²) in [6.07, 6.45) is 2.76. The summed E-state index contributed by atoms with van der Waals surface area (Å²) in [6.45, 7) is 8.34. The Bertz CT molecular complexity index is 1100. The molecule has 3 heterocycles. The molecule has 2 aromatic heterocycles. The van der Waals surface area contributed by atoms with Crippen LogP contribution in [0.25, 0.3) is 22.0 Å². The van der Waals surface area contributed by atoms with Crippen LogP contribution in [0.2, 0.25) is 0 Å². The first-order valence-electron chi connectivity index (χ1n) is 9.90. The van der Waals surface area contributed by atoms with E-state index in [4.69, 9.17) is 0 Å². The Morgan fingerprint density at radius 3 is 2.66 bits per heavy atom. The fourth-order valence-corrected chi connectivity index (χ4v) is 3.92. The summed E-state index contributed by atoms with van der Waals surface area (Å²) in [5.74, 6) is 0.909. The summed E-state index contributed by atoms with van der Waals surface area (Å²) in [6, 6.07) is 9.30. The van der Waals surface area contributed by atoms with Gasteiger partial charge in [0.15, 0.2) is 5.82 Å². The van der Waals surface area contributed by atoms with Crippen molar-refractivity contribution in [3.05, 3.63) is 46.9 Å². The average Bonchev–Trinajstić information content (AvgIpc) is 3.11. The largest absolute Gasteiger partial charge is 0.507 e. The first-order valence-corrected chi connectivity index (χ1v) is 9.90. The molecule has 1 fully saturated rings. The molecule has 29 heavy (non-hydrogen) atoms. The molecule has 152 valence electrons. The molecule has 0 amide bonds. The lowest BCUT2D eigenvalue weighted by Crippen LogP contribution is -2.45. The van der Waals surface area contributed by atoms with Crippen molar-refractivity contribution in [1.82, 2.24) is 20.1 Å². The number of hydrogen-bond acceptors (Lipinski definition) is 6. The fourth-order valence-electron chi connectivity index (χ4n) is 3.92. The number of benzene rings is 1. The quantitative estimate of drug-likeness (QED) is 0.712. The Kier molecular flexibility index (Phi) is 4.78. The van der Waals surface area contributed by atoms with E-state index in [1.54, 1.807) is 25.4 Å². The normalized spacial score (nSPS) is 17.2. The number of rotatable bonds is 3. The molecule has 7 heteroatoms. The molecule has 0 unspecified atom stereocenters. The number of fused-ring (bicyclic) bond motifs is 1. The van der Waals surface area contributed by atoms with Crippen LogP contribution in [0.5, 0.6) is 5.75 Å². The standard InChI is InChI=1S/C22H27N5O2/c1-22(2,3)23-15-8-10-27(13-15)20-6-5-18(24-25-20)17-12-16-14(11-19(17)28)7-9-26(4)21(16)29/h5-7,9,11-12,15,23,28H,8,10,13H2,1-4H3/t15-/m0/s1. The van der Waals surface area contributed by atoms with E-state index in [-0.39, 0.29) is 16.8 Å². The van der Waals surface area contributed by atoms with Gasteiger partial charge in [0.25, 0.3) is 5.56 Å². The van der Waals surface area contributed by atoms with Gasteiger partial charge in [-0.05, 0) is 62.9 Å². The second kappa shape index (κ2) is 7.15. The Morgan fingerprint density at radius 1 is 1.17 bits per heavy atom. The number of pyridine rings is 1. The Labute approximate surface area is 170 Å². The monoisotopic (exact) mass is 393 g/mol. The number of phenolic OH excluding ortho intramolecular Hbond substituents is 1. The second-order valence-corrected chi connectivity index (χ2v) is 8.79. The van der Waals surface area contributed by atoms with Crippen LogP contribution >= 0.6 is 0 Å². The highest BCUT2D eigenvalue weighted by Gasteiger charge is 2.26. The van der Waals surface area contributed by atoms with Crippen LogP contribution in [0.3, 0.4) is 0 Å². The maximum absolute atomic E-state index is 12.4. The van der Waals surface area contributed by atoms with E-state index in [9.17, 15) is 9.90 Å². The molecule has 1 aliphatic heterocycles. The third-order valence-corrected chi connectivity index (χ3v) is 5.27. The van der Waals surface area contributed by atoms with Crippen molar-refractivity contribution in [2.75, 3.05) is 18.0 Å². The molecule has 0 spiro atoms. The Morgan fingerprint density at radius 2 is 1.97 bits per heavy atom. The van der Waals surface area contributed by atoms with Crippen molar-refractivity contribution in [1.29, 1.82) is 0 Å². The first kappa shape index (κ1) is 19.4. The minimum atomic E-state index is -0.109. The van der Waals surface area contributed by atoms with Gasteiger partial charge in [0.2, 0.25) is 0 Å². The third kappa shape index (κ3) is 3.96. The average molecular weight is 393 g/mol. The summed E-state index contributed by atoms with van der Waals surface area (Å²) in [5, 5.41) is 24.0. The zero-order chi connectivity index (χ0) is 20.8. The van der Waals surface area contributed by atoms with Gasteiger partial charge < -0.3 is 19.9 Å². The van der Waals surface area contributed by atoms with Gasteiger partial charge in [-0.2, -0.15) is 0 Å². The van der Waals surface area contributed by atoms with E-state index in [1.165, 1.54) is 4.57 Å². The van der Waals surface area contributed by atoms with Gasteiger partial charge in [-0.1, -0.05) is 0 Å². The number of aromatic nitrogens is 3. The number of aryl methyl sites for hydroxylation is 1. The Hall–Kier alpha value is -2.93. The van der Waals surface area contributed by atoms with E-state index >= 15 is 0 Å². The third-order valence-electron chi connectivity index (χ3n) is 5.27. The molecule has 0 aliphatic carbocycles. The lowest BCUT2D eigenvalue weighted by molar-refractivity contribution is 0.373. The summed E-state index contributed by atoms with van der Waals surface area (Å²) in [7, 11) is 1.71. The summed E-state index contributed by atoms with van der Waals surface area (Å²) in [5.41, 5.74) is 1.03. The zero-order valence-electron chi connectivity index (χ0n) is 17.3. The molecule has 4 rings (SSSR count). The van der Waals surface area contributed by atoms with E-state index in [0.29, 0.717) is 28.1 Å². The number of aromatic hydroxyl groups is 1. The predicted molar refractivity (Wildman–Crippen MR) is 115 cm³/mol. The maximum Gasteiger partial charge on any atom is 0.258 e. The van der Waals surface area contributed by atoms with Crippen molar-refractivity contribution in [3.8, 4) is 17.0 Å². The topological polar surface area (TPSA) is 83.3 Å². The minimum Gasteiger partial charge on any atom is -0.507 e. The molecule has 1 aliphatic rings. The minimum absolute atomic E-state index is 0.0842. The lowest BCUT2D eigenvalue weighted by Gasteiger charge is -2.26. The van der Waals surface area contributed by atoms with Crippen molar-refractivity contribution in [2.24, 2.45) is 7.05 Å². The summed E-state index contributed by atoms with van der Waals surface area (Å²) < 4.78 is 1.52. The van der Waals surface area contributed by atoms with E-state index in [1.807, 2.05) is 18.2 Å². The number of nitrogens with one attached hydrogen (secondary N) is 1. The van der Waals surface area contributed by atoms with Crippen LogP contribution in [0.1, 0.15) is 27.2 Å². The molecular formula is C22H27N5O2. The van der Waals surface area contributed by atoms with Crippen molar-refractivity contribution in [2.45, 2.75) is 38.8 Å². The highest BCUT2D eigenvalue weighted by atomic mass is 16.3. The van der Waals surface area contributed by atoms with E-state index in [0.717, 1.165) is 25.3 Å². The second-order valence-electron chi connectivity index (χ2n) is 8.79. The Balaban J connectivity index is 1.59. The molecule has 0 bridgehead atoms. The molecule has 7 nitrogen and oxygen atoms in total. The van der Waals surface area contributed by atoms with Crippen LogP contribution in [-0.4, -0.2) is 44.5 Å². The van der Waals surface area contributed by atoms with E-state index in [2.05, 4.69) is 41.2 Å². The SMILES string of the molecule is Cn1ccc2cc(O)c(-c3ccc(N4CC[C@H](NC(C)(C)C)C4)nn3)cc2c1=O. The number of phenols is 1. The smallest absolute Gasteiger partial charge is 0.258 e.